The van der Waals surface area contributed by atoms with Crippen molar-refractivity contribution in [3.05, 3.63) is 0 Å². The van der Waals surface area contributed by atoms with Crippen LogP contribution in [0.5, 0.6) is 0 Å². The lowest BCUT2D eigenvalue weighted by Crippen LogP contribution is -2.46. The van der Waals surface area contributed by atoms with E-state index in [1.165, 1.54) is 0 Å². The Morgan fingerprint density at radius 1 is 1.11 bits per heavy atom. The molecule has 6 heteroatoms. The molecular formula is C13H27N3O3. The second kappa shape index (κ2) is 9.75. The summed E-state index contributed by atoms with van der Waals surface area (Å²) in [5, 5.41) is 5.63. The number of carbonyl (C=O) groups excluding carboxylic acids is 2. The number of nitrogens with zero attached hydrogens (tertiary/aromatic N) is 1. The molecule has 0 heterocycles. The van der Waals surface area contributed by atoms with E-state index >= 15 is 0 Å². The Morgan fingerprint density at radius 2 is 1.63 bits per heavy atom. The smallest absolute Gasteiger partial charge is 0.234 e. The van der Waals surface area contributed by atoms with Gasteiger partial charge in [0.1, 0.15) is 0 Å². The molecule has 0 saturated carbocycles. The third-order valence-corrected chi connectivity index (χ3v) is 2.46. The number of carbonyl (C=O) groups is 2. The zero-order valence-electron chi connectivity index (χ0n) is 12.7. The summed E-state index contributed by atoms with van der Waals surface area (Å²) in [5.74, 6) is -0.154. The van der Waals surface area contributed by atoms with Crippen molar-refractivity contribution in [2.24, 2.45) is 0 Å². The highest BCUT2D eigenvalue weighted by Gasteiger charge is 2.14. The van der Waals surface area contributed by atoms with Crippen LogP contribution in [-0.2, 0) is 14.3 Å². The Kier molecular flexibility index (Phi) is 9.16. The molecule has 0 aromatic carbocycles. The van der Waals surface area contributed by atoms with Gasteiger partial charge in [-0.05, 0) is 27.3 Å². The zero-order valence-corrected chi connectivity index (χ0v) is 12.7. The first kappa shape index (κ1) is 17.9. The van der Waals surface area contributed by atoms with Gasteiger partial charge in [-0.25, -0.2) is 0 Å². The SMILES string of the molecule is CCN(CC(=O)NC(C)C)CC(=O)NC(C)COC. The van der Waals surface area contributed by atoms with Crippen LogP contribution in [0.4, 0.5) is 0 Å². The van der Waals surface area contributed by atoms with Crippen molar-refractivity contribution in [2.45, 2.75) is 39.8 Å². The van der Waals surface area contributed by atoms with E-state index < -0.39 is 0 Å². The maximum Gasteiger partial charge on any atom is 0.234 e. The average molecular weight is 273 g/mol. The highest BCUT2D eigenvalue weighted by atomic mass is 16.5. The monoisotopic (exact) mass is 273 g/mol. The molecular weight excluding hydrogens is 246 g/mol. The maximum absolute atomic E-state index is 11.8. The lowest BCUT2D eigenvalue weighted by atomic mass is 10.3. The Bertz CT molecular complexity index is 282. The van der Waals surface area contributed by atoms with Gasteiger partial charge in [0, 0.05) is 19.2 Å². The van der Waals surface area contributed by atoms with Crippen molar-refractivity contribution < 1.29 is 14.3 Å². The van der Waals surface area contributed by atoms with Crippen molar-refractivity contribution in [2.75, 3.05) is 33.4 Å². The van der Waals surface area contributed by atoms with Gasteiger partial charge in [0.15, 0.2) is 0 Å². The molecule has 0 aliphatic heterocycles. The van der Waals surface area contributed by atoms with Crippen LogP contribution in [-0.4, -0.2) is 62.1 Å². The zero-order chi connectivity index (χ0) is 14.8. The first-order valence-corrected chi connectivity index (χ1v) is 6.69. The largest absolute Gasteiger partial charge is 0.383 e. The molecule has 2 amide bonds. The fourth-order valence-corrected chi connectivity index (χ4v) is 1.67. The number of nitrogens with one attached hydrogen (secondary N) is 2. The predicted octanol–water partition coefficient (Wildman–Crippen LogP) is -0.0160. The molecule has 0 aliphatic rings. The molecule has 0 fully saturated rings. The van der Waals surface area contributed by atoms with E-state index in [4.69, 9.17) is 4.74 Å². The van der Waals surface area contributed by atoms with E-state index in [1.54, 1.807) is 12.0 Å². The van der Waals surface area contributed by atoms with Gasteiger partial charge in [-0.2, -0.15) is 0 Å². The standard InChI is InChI=1S/C13H27N3O3/c1-6-16(7-12(17)14-10(2)3)8-13(18)15-11(4)9-19-5/h10-11H,6-9H2,1-5H3,(H,14,17)(H,15,18). The van der Waals surface area contributed by atoms with Crippen molar-refractivity contribution in [1.29, 1.82) is 0 Å². The van der Waals surface area contributed by atoms with Gasteiger partial charge in [0.25, 0.3) is 0 Å². The van der Waals surface area contributed by atoms with Gasteiger partial charge in [0.2, 0.25) is 11.8 Å². The summed E-state index contributed by atoms with van der Waals surface area (Å²) < 4.78 is 4.95. The van der Waals surface area contributed by atoms with Gasteiger partial charge < -0.3 is 15.4 Å². The lowest BCUT2D eigenvalue weighted by Gasteiger charge is -2.21. The van der Waals surface area contributed by atoms with Crippen LogP contribution in [0, 0.1) is 0 Å². The maximum atomic E-state index is 11.8. The third kappa shape index (κ3) is 9.44. The number of amides is 2. The van der Waals surface area contributed by atoms with E-state index in [2.05, 4.69) is 10.6 Å². The Balaban J connectivity index is 4.10. The molecule has 2 N–H and O–H groups in total. The molecule has 19 heavy (non-hydrogen) atoms. The molecule has 1 unspecified atom stereocenters. The average Bonchev–Trinajstić information content (AvgIpc) is 2.26. The van der Waals surface area contributed by atoms with E-state index in [1.807, 2.05) is 27.7 Å². The lowest BCUT2D eigenvalue weighted by molar-refractivity contribution is -0.125. The number of hydrogen-bond acceptors (Lipinski definition) is 4. The van der Waals surface area contributed by atoms with Crippen molar-refractivity contribution in [1.82, 2.24) is 15.5 Å². The van der Waals surface area contributed by atoms with Crippen LogP contribution in [0.2, 0.25) is 0 Å². The molecule has 0 rings (SSSR count). The normalized spacial score (nSPS) is 12.6. The fourth-order valence-electron chi connectivity index (χ4n) is 1.67. The minimum atomic E-state index is -0.0938. The summed E-state index contributed by atoms with van der Waals surface area (Å²) in [6, 6.07) is 0.0856. The number of ether oxygens (including phenoxy) is 1. The number of methoxy groups -OCH3 is 1. The van der Waals surface area contributed by atoms with Crippen LogP contribution < -0.4 is 10.6 Å². The summed E-state index contributed by atoms with van der Waals surface area (Å²) in [6.45, 7) is 9.21. The van der Waals surface area contributed by atoms with E-state index in [0.29, 0.717) is 13.2 Å². The van der Waals surface area contributed by atoms with Gasteiger partial charge in [-0.1, -0.05) is 6.92 Å². The second-order valence-electron chi connectivity index (χ2n) is 4.95. The van der Waals surface area contributed by atoms with Crippen LogP contribution in [0.3, 0.4) is 0 Å². The molecule has 0 aromatic rings. The van der Waals surface area contributed by atoms with Crippen molar-refractivity contribution in [3.63, 3.8) is 0 Å². The molecule has 0 aromatic heterocycles. The molecule has 0 radical (unpaired) electrons. The van der Waals surface area contributed by atoms with E-state index in [9.17, 15) is 9.59 Å². The number of rotatable bonds is 9. The van der Waals surface area contributed by atoms with Gasteiger partial charge in [-0.3, -0.25) is 14.5 Å². The quantitative estimate of drug-likeness (QED) is 0.619. The Morgan fingerprint density at radius 3 is 2.05 bits per heavy atom. The minimum Gasteiger partial charge on any atom is -0.383 e. The van der Waals surface area contributed by atoms with Crippen LogP contribution in [0.15, 0.2) is 0 Å². The van der Waals surface area contributed by atoms with E-state index in [-0.39, 0.29) is 37.0 Å². The van der Waals surface area contributed by atoms with Crippen molar-refractivity contribution in [3.8, 4) is 0 Å². The third-order valence-electron chi connectivity index (χ3n) is 2.46. The first-order valence-electron chi connectivity index (χ1n) is 6.69. The molecule has 6 nitrogen and oxygen atoms in total. The van der Waals surface area contributed by atoms with Crippen molar-refractivity contribution >= 4 is 11.8 Å². The molecule has 112 valence electrons. The van der Waals surface area contributed by atoms with Gasteiger partial charge >= 0.3 is 0 Å². The highest BCUT2D eigenvalue weighted by molar-refractivity contribution is 5.81. The summed E-state index contributed by atoms with van der Waals surface area (Å²) in [4.78, 5) is 25.2. The Labute approximate surface area is 115 Å². The first-order chi connectivity index (χ1) is 8.88. The topological polar surface area (TPSA) is 70.7 Å². The summed E-state index contributed by atoms with van der Waals surface area (Å²) in [5.41, 5.74) is 0. The van der Waals surface area contributed by atoms with Crippen LogP contribution in [0.25, 0.3) is 0 Å². The predicted molar refractivity (Wildman–Crippen MR) is 74.9 cm³/mol. The molecule has 0 spiro atoms. The fraction of sp³-hybridized carbons (Fsp3) is 0.846. The second-order valence-corrected chi connectivity index (χ2v) is 4.95. The highest BCUT2D eigenvalue weighted by Crippen LogP contribution is 1.90. The van der Waals surface area contributed by atoms with E-state index in [0.717, 1.165) is 0 Å². The summed E-state index contributed by atoms with van der Waals surface area (Å²) in [7, 11) is 1.59. The van der Waals surface area contributed by atoms with Gasteiger partial charge in [-0.15, -0.1) is 0 Å². The number of hydrogen-bond donors (Lipinski definition) is 2. The molecule has 0 bridgehead atoms. The molecule has 1 atom stereocenters. The minimum absolute atomic E-state index is 0.0271. The van der Waals surface area contributed by atoms with Gasteiger partial charge in [0.05, 0.1) is 19.7 Å². The molecule has 0 aliphatic carbocycles. The van der Waals surface area contributed by atoms with Crippen LogP contribution in [0.1, 0.15) is 27.7 Å². The summed E-state index contributed by atoms with van der Waals surface area (Å²) >= 11 is 0. The number of likely N-dealkylation sites (N-methyl/N-ethyl adjacent to an activating group) is 1. The Hall–Kier alpha value is -1.14. The molecule has 0 saturated heterocycles. The summed E-state index contributed by atoms with van der Waals surface area (Å²) in [6.07, 6.45) is 0. The van der Waals surface area contributed by atoms with Crippen LogP contribution >= 0.6 is 0 Å².